The quantitative estimate of drug-likeness (QED) is 0.826. The average molecular weight is 357 g/mol. The number of benzene rings is 1. The van der Waals surface area contributed by atoms with E-state index in [0.717, 1.165) is 24.1 Å². The van der Waals surface area contributed by atoms with Gasteiger partial charge in [0.2, 0.25) is 10.0 Å². The Morgan fingerprint density at radius 3 is 2.80 bits per heavy atom. The van der Waals surface area contributed by atoms with Gasteiger partial charge in [-0.15, -0.1) is 0 Å². The van der Waals surface area contributed by atoms with Crippen molar-refractivity contribution in [2.24, 2.45) is 0 Å². The SMILES string of the molecule is O=C(c1cccc(N2CCCS2(=O)=O)c1)N1CCCc2ccncc21. The van der Waals surface area contributed by atoms with E-state index in [1.807, 2.05) is 6.07 Å². The molecule has 0 atom stereocenters. The minimum Gasteiger partial charge on any atom is -0.307 e. The van der Waals surface area contributed by atoms with E-state index in [0.29, 0.717) is 30.8 Å². The number of anilines is 2. The molecule has 6 nitrogen and oxygen atoms in total. The number of sulfonamides is 1. The standard InChI is InChI=1S/C18H19N3O3S/c22-18(20-9-2-5-14-7-8-19-13-17(14)20)15-4-1-6-16(12-15)21-10-3-11-25(21,23)24/h1,4,6-8,12-13H,2-3,5,9-11H2. The van der Waals surface area contributed by atoms with Crippen molar-refractivity contribution in [3.05, 3.63) is 53.9 Å². The number of amides is 1. The molecule has 4 rings (SSSR count). The fourth-order valence-electron chi connectivity index (χ4n) is 3.51. The highest BCUT2D eigenvalue weighted by atomic mass is 32.2. The van der Waals surface area contributed by atoms with E-state index >= 15 is 0 Å². The van der Waals surface area contributed by atoms with Crippen LogP contribution >= 0.6 is 0 Å². The molecule has 1 amide bonds. The number of rotatable bonds is 2. The number of carbonyl (C=O) groups excluding carboxylic acids is 1. The predicted octanol–water partition coefficient (Wildman–Crippen LogP) is 2.21. The van der Waals surface area contributed by atoms with Gasteiger partial charge in [0.1, 0.15) is 0 Å². The van der Waals surface area contributed by atoms with Crippen molar-refractivity contribution in [3.63, 3.8) is 0 Å². The second kappa shape index (κ2) is 6.15. The molecule has 0 unspecified atom stereocenters. The fraction of sp³-hybridized carbons (Fsp3) is 0.333. The maximum absolute atomic E-state index is 13.0. The second-order valence-electron chi connectivity index (χ2n) is 6.36. The van der Waals surface area contributed by atoms with Crippen LogP contribution in [-0.2, 0) is 16.4 Å². The summed E-state index contributed by atoms with van der Waals surface area (Å²) in [6.45, 7) is 1.11. The fourth-order valence-corrected chi connectivity index (χ4v) is 5.06. The van der Waals surface area contributed by atoms with Crippen LogP contribution in [0.2, 0.25) is 0 Å². The Kier molecular flexibility index (Phi) is 3.95. The largest absolute Gasteiger partial charge is 0.307 e. The zero-order valence-corrected chi connectivity index (χ0v) is 14.6. The lowest BCUT2D eigenvalue weighted by Gasteiger charge is -2.29. The predicted molar refractivity (Wildman–Crippen MR) is 96.4 cm³/mol. The third kappa shape index (κ3) is 2.89. The molecule has 1 fully saturated rings. The molecule has 1 aromatic carbocycles. The highest BCUT2D eigenvalue weighted by Crippen LogP contribution is 2.29. The molecule has 2 aromatic rings. The van der Waals surface area contributed by atoms with Crippen molar-refractivity contribution in [2.75, 3.05) is 28.0 Å². The lowest BCUT2D eigenvalue weighted by molar-refractivity contribution is 0.0985. The van der Waals surface area contributed by atoms with Gasteiger partial charge in [-0.25, -0.2) is 8.42 Å². The number of nitrogens with zero attached hydrogens (tertiary/aromatic N) is 3. The topological polar surface area (TPSA) is 70.6 Å². The number of hydrogen-bond acceptors (Lipinski definition) is 4. The van der Waals surface area contributed by atoms with Gasteiger partial charge >= 0.3 is 0 Å². The first-order valence-corrected chi connectivity index (χ1v) is 10.0. The minimum absolute atomic E-state index is 0.118. The number of fused-ring (bicyclic) bond motifs is 1. The number of hydrogen-bond donors (Lipinski definition) is 0. The smallest absolute Gasteiger partial charge is 0.258 e. The minimum atomic E-state index is -3.26. The monoisotopic (exact) mass is 357 g/mol. The summed E-state index contributed by atoms with van der Waals surface area (Å²) >= 11 is 0. The van der Waals surface area contributed by atoms with Gasteiger partial charge in [-0.2, -0.15) is 0 Å². The molecular formula is C18H19N3O3S. The van der Waals surface area contributed by atoms with Gasteiger partial charge in [0.05, 0.1) is 23.3 Å². The Morgan fingerprint density at radius 2 is 2.00 bits per heavy atom. The molecule has 1 aromatic heterocycles. The van der Waals surface area contributed by atoms with Gasteiger partial charge in [-0.3, -0.25) is 14.1 Å². The van der Waals surface area contributed by atoms with Crippen LogP contribution in [0.15, 0.2) is 42.7 Å². The third-order valence-electron chi connectivity index (χ3n) is 4.73. The summed E-state index contributed by atoms with van der Waals surface area (Å²) in [4.78, 5) is 18.9. The van der Waals surface area contributed by atoms with Gasteiger partial charge in [0, 0.05) is 24.8 Å². The maximum Gasteiger partial charge on any atom is 0.258 e. The van der Waals surface area contributed by atoms with E-state index in [4.69, 9.17) is 0 Å². The first kappa shape index (κ1) is 16.1. The van der Waals surface area contributed by atoms with Crippen LogP contribution in [0, 0.1) is 0 Å². The second-order valence-corrected chi connectivity index (χ2v) is 8.37. The molecule has 1 saturated heterocycles. The van der Waals surface area contributed by atoms with Crippen molar-refractivity contribution in [1.82, 2.24) is 4.98 Å². The van der Waals surface area contributed by atoms with Crippen LogP contribution < -0.4 is 9.21 Å². The molecule has 130 valence electrons. The summed E-state index contributed by atoms with van der Waals surface area (Å²) < 4.78 is 25.7. The maximum atomic E-state index is 13.0. The molecule has 0 N–H and O–H groups in total. The van der Waals surface area contributed by atoms with E-state index in [1.54, 1.807) is 41.6 Å². The van der Waals surface area contributed by atoms with E-state index in [2.05, 4.69) is 4.98 Å². The molecule has 0 aliphatic carbocycles. The van der Waals surface area contributed by atoms with E-state index in [-0.39, 0.29) is 11.7 Å². The molecular weight excluding hydrogens is 338 g/mol. The van der Waals surface area contributed by atoms with Gasteiger partial charge < -0.3 is 4.90 Å². The van der Waals surface area contributed by atoms with Crippen molar-refractivity contribution < 1.29 is 13.2 Å². The Labute approximate surface area is 147 Å². The molecule has 0 bridgehead atoms. The zero-order chi connectivity index (χ0) is 17.4. The molecule has 0 spiro atoms. The zero-order valence-electron chi connectivity index (χ0n) is 13.8. The van der Waals surface area contributed by atoms with Crippen LogP contribution in [-0.4, -0.2) is 38.2 Å². The lowest BCUT2D eigenvalue weighted by atomic mass is 10.0. The molecule has 25 heavy (non-hydrogen) atoms. The summed E-state index contributed by atoms with van der Waals surface area (Å²) in [5.41, 5.74) is 3.02. The first-order chi connectivity index (χ1) is 12.1. The van der Waals surface area contributed by atoms with Crippen molar-refractivity contribution in [3.8, 4) is 0 Å². The molecule has 2 aliphatic heterocycles. The molecule has 2 aliphatic rings. The van der Waals surface area contributed by atoms with Crippen molar-refractivity contribution in [1.29, 1.82) is 0 Å². The van der Waals surface area contributed by atoms with Crippen molar-refractivity contribution >= 4 is 27.3 Å². The Morgan fingerprint density at radius 1 is 1.12 bits per heavy atom. The van der Waals surface area contributed by atoms with E-state index in [9.17, 15) is 13.2 Å². The molecule has 0 saturated carbocycles. The van der Waals surface area contributed by atoms with Crippen LogP contribution in [0.5, 0.6) is 0 Å². The van der Waals surface area contributed by atoms with Crippen LogP contribution in [0.1, 0.15) is 28.8 Å². The summed E-state index contributed by atoms with van der Waals surface area (Å²) in [6.07, 6.45) is 5.93. The summed E-state index contributed by atoms with van der Waals surface area (Å²) in [7, 11) is -3.26. The van der Waals surface area contributed by atoms with Gasteiger partial charge in [0.25, 0.3) is 5.91 Å². The van der Waals surface area contributed by atoms with E-state index in [1.165, 1.54) is 4.31 Å². The molecule has 3 heterocycles. The Bertz CT molecular complexity index is 927. The van der Waals surface area contributed by atoms with Gasteiger partial charge in [-0.05, 0) is 49.1 Å². The molecule has 0 radical (unpaired) electrons. The summed E-state index contributed by atoms with van der Waals surface area (Å²) in [5, 5.41) is 0. The lowest BCUT2D eigenvalue weighted by Crippen LogP contribution is -2.35. The highest BCUT2D eigenvalue weighted by Gasteiger charge is 2.29. The molecule has 7 heteroatoms. The normalized spacial score (nSPS) is 18.9. The number of aromatic nitrogens is 1. The Hall–Kier alpha value is -2.41. The highest BCUT2D eigenvalue weighted by molar-refractivity contribution is 7.93. The van der Waals surface area contributed by atoms with Crippen LogP contribution in [0.4, 0.5) is 11.4 Å². The third-order valence-corrected chi connectivity index (χ3v) is 6.60. The first-order valence-electron chi connectivity index (χ1n) is 8.41. The Balaban J connectivity index is 1.67. The average Bonchev–Trinajstić information content (AvgIpc) is 3.00. The van der Waals surface area contributed by atoms with Crippen LogP contribution in [0.3, 0.4) is 0 Å². The van der Waals surface area contributed by atoms with E-state index < -0.39 is 10.0 Å². The van der Waals surface area contributed by atoms with Crippen LogP contribution in [0.25, 0.3) is 0 Å². The number of aryl methyl sites for hydroxylation is 1. The van der Waals surface area contributed by atoms with Gasteiger partial charge in [-0.1, -0.05) is 6.07 Å². The summed E-state index contributed by atoms with van der Waals surface area (Å²) in [5.74, 6) is 0.0449. The summed E-state index contributed by atoms with van der Waals surface area (Å²) in [6, 6.07) is 8.84. The number of pyridine rings is 1. The number of carbonyl (C=O) groups is 1. The van der Waals surface area contributed by atoms with Crippen molar-refractivity contribution in [2.45, 2.75) is 19.3 Å². The van der Waals surface area contributed by atoms with Gasteiger partial charge in [0.15, 0.2) is 0 Å².